The van der Waals surface area contributed by atoms with Crippen molar-refractivity contribution in [2.75, 3.05) is 20.4 Å². The van der Waals surface area contributed by atoms with E-state index in [9.17, 15) is 4.39 Å². The van der Waals surface area contributed by atoms with E-state index in [2.05, 4.69) is 6.08 Å². The van der Waals surface area contributed by atoms with Gasteiger partial charge in [-0.1, -0.05) is 76.4 Å². The third kappa shape index (κ3) is 8.71. The Morgan fingerprint density at radius 2 is 1.12 bits per heavy atom. The van der Waals surface area contributed by atoms with Gasteiger partial charge in [0.1, 0.15) is 0 Å². The molecule has 0 aromatic rings. The quantitative estimate of drug-likeness (QED) is 0.360. The maximum absolute atomic E-state index is 12.0. The van der Waals surface area contributed by atoms with Crippen LogP contribution in [0.15, 0.2) is 12.2 Å². The number of allylic oxidation sites excluding steroid dienone is 2. The van der Waals surface area contributed by atoms with E-state index in [1.165, 1.54) is 77.0 Å². The lowest BCUT2D eigenvalue weighted by molar-refractivity contribution is 0.152. The van der Waals surface area contributed by atoms with Crippen LogP contribution in [0.4, 0.5) is 4.39 Å². The molecule has 0 bridgehead atoms. The average Bonchev–Trinajstić information content (AvgIpc) is 2.66. The van der Waals surface area contributed by atoms with Gasteiger partial charge in [0.2, 0.25) is 0 Å². The van der Waals surface area contributed by atoms with Crippen LogP contribution in [0.3, 0.4) is 0 Å². The molecular weight excluding hydrogens is 311 g/mol. The summed E-state index contributed by atoms with van der Waals surface area (Å²) in [5.41, 5.74) is 0. The highest BCUT2D eigenvalue weighted by molar-refractivity contribution is 4.83. The van der Waals surface area contributed by atoms with Crippen LogP contribution in [0.25, 0.3) is 0 Å². The van der Waals surface area contributed by atoms with Gasteiger partial charge in [-0.2, -0.15) is 0 Å². The van der Waals surface area contributed by atoms with Gasteiger partial charge < -0.3 is 4.74 Å². The summed E-state index contributed by atoms with van der Waals surface area (Å²) in [6, 6.07) is 0. The minimum atomic E-state index is -0.212. The highest BCUT2D eigenvalue weighted by Crippen LogP contribution is 2.38. The van der Waals surface area contributed by atoms with Crippen molar-refractivity contribution in [2.24, 2.45) is 23.7 Å². The van der Waals surface area contributed by atoms with Crippen molar-refractivity contribution in [3.63, 3.8) is 0 Å². The van der Waals surface area contributed by atoms with Gasteiger partial charge in [0.05, 0.1) is 6.67 Å². The van der Waals surface area contributed by atoms with Crippen molar-refractivity contribution in [3.05, 3.63) is 12.2 Å². The molecule has 2 rings (SSSR count). The van der Waals surface area contributed by atoms with E-state index in [4.69, 9.17) is 4.74 Å². The summed E-state index contributed by atoms with van der Waals surface area (Å²) in [6.45, 7) is 0.737. The molecule has 0 spiro atoms. The maximum atomic E-state index is 12.0. The van der Waals surface area contributed by atoms with E-state index >= 15 is 0 Å². The van der Waals surface area contributed by atoms with Crippen LogP contribution >= 0.6 is 0 Å². The predicted molar refractivity (Wildman–Crippen MR) is 106 cm³/mol. The molecule has 0 radical (unpaired) electrons. The minimum absolute atomic E-state index is 0.212. The van der Waals surface area contributed by atoms with Gasteiger partial charge in [-0.15, -0.1) is 0 Å². The zero-order valence-electron chi connectivity index (χ0n) is 16.6. The Hall–Kier alpha value is -0.370. The second-order valence-corrected chi connectivity index (χ2v) is 8.66. The Balaban J connectivity index is 1.50. The summed E-state index contributed by atoms with van der Waals surface area (Å²) in [7, 11) is 1.82. The molecule has 0 unspecified atom stereocenters. The van der Waals surface area contributed by atoms with Crippen molar-refractivity contribution in [1.29, 1.82) is 0 Å². The number of alkyl halides is 1. The zero-order chi connectivity index (χ0) is 17.7. The van der Waals surface area contributed by atoms with Gasteiger partial charge in [0, 0.05) is 13.7 Å². The highest BCUT2D eigenvalue weighted by Gasteiger charge is 2.24. The van der Waals surface area contributed by atoms with E-state index in [1.807, 2.05) is 13.2 Å². The minimum Gasteiger partial charge on any atom is -0.385 e. The second-order valence-electron chi connectivity index (χ2n) is 8.66. The number of ether oxygens (including phenoxy) is 1. The molecule has 25 heavy (non-hydrogen) atoms. The molecule has 0 heterocycles. The van der Waals surface area contributed by atoms with Crippen LogP contribution in [0.2, 0.25) is 0 Å². The lowest BCUT2D eigenvalue weighted by Crippen LogP contribution is -2.18. The Morgan fingerprint density at radius 1 is 0.680 bits per heavy atom. The molecule has 2 fully saturated rings. The maximum Gasteiger partial charge on any atom is 0.0928 e. The SMILES string of the molecule is COCCC1CCC(CCC2CCC(CC/C=C/CCF)CC2)CC1. The fourth-order valence-corrected chi connectivity index (χ4v) is 5.00. The molecular formula is C23H41FO. The van der Waals surface area contributed by atoms with Crippen LogP contribution in [0.5, 0.6) is 0 Å². The molecule has 0 aromatic carbocycles. The van der Waals surface area contributed by atoms with Gasteiger partial charge in [-0.25, -0.2) is 0 Å². The smallest absolute Gasteiger partial charge is 0.0928 e. The van der Waals surface area contributed by atoms with Crippen LogP contribution in [-0.4, -0.2) is 20.4 Å². The molecule has 0 atom stereocenters. The molecule has 0 N–H and O–H groups in total. The molecule has 2 saturated carbocycles. The van der Waals surface area contributed by atoms with Crippen molar-refractivity contribution >= 4 is 0 Å². The van der Waals surface area contributed by atoms with Gasteiger partial charge in [-0.05, 0) is 49.4 Å². The van der Waals surface area contributed by atoms with Gasteiger partial charge in [-0.3, -0.25) is 4.39 Å². The summed E-state index contributed by atoms with van der Waals surface area (Å²) in [5.74, 6) is 3.88. The first-order chi connectivity index (χ1) is 12.3. The van der Waals surface area contributed by atoms with E-state index in [0.717, 1.165) is 36.7 Å². The van der Waals surface area contributed by atoms with E-state index in [0.29, 0.717) is 6.42 Å². The molecule has 2 aliphatic carbocycles. The summed E-state index contributed by atoms with van der Waals surface area (Å²) in [5, 5.41) is 0. The van der Waals surface area contributed by atoms with Crippen molar-refractivity contribution < 1.29 is 9.13 Å². The molecule has 0 aromatic heterocycles. The van der Waals surface area contributed by atoms with Gasteiger partial charge in [0.15, 0.2) is 0 Å². The largest absolute Gasteiger partial charge is 0.385 e. The Bertz CT molecular complexity index is 338. The molecule has 2 aliphatic rings. The first-order valence-electron chi connectivity index (χ1n) is 11.0. The highest BCUT2D eigenvalue weighted by atomic mass is 19.1. The van der Waals surface area contributed by atoms with Gasteiger partial charge >= 0.3 is 0 Å². The second kappa shape index (κ2) is 12.9. The molecule has 0 aliphatic heterocycles. The molecule has 146 valence electrons. The van der Waals surface area contributed by atoms with Crippen molar-refractivity contribution in [3.8, 4) is 0 Å². The lowest BCUT2D eigenvalue weighted by Gasteiger charge is -2.32. The standard InChI is InChI=1S/C23H41FO/c1-25-19-17-23-15-13-22(14-16-23)12-11-21-9-7-20(8-10-21)6-4-2-3-5-18-24/h2-3,20-23H,4-19H2,1H3/b3-2+. The fraction of sp³-hybridized carbons (Fsp3) is 0.913. The molecule has 0 saturated heterocycles. The molecule has 2 heteroatoms. The molecule has 0 amide bonds. The monoisotopic (exact) mass is 352 g/mol. The van der Waals surface area contributed by atoms with E-state index in [1.54, 1.807) is 0 Å². The van der Waals surface area contributed by atoms with Crippen molar-refractivity contribution in [2.45, 2.75) is 89.9 Å². The van der Waals surface area contributed by atoms with Crippen LogP contribution in [0, 0.1) is 23.7 Å². The fourth-order valence-electron chi connectivity index (χ4n) is 5.00. The van der Waals surface area contributed by atoms with E-state index in [-0.39, 0.29) is 6.67 Å². The first-order valence-corrected chi connectivity index (χ1v) is 11.0. The number of hydrogen-bond acceptors (Lipinski definition) is 1. The van der Waals surface area contributed by atoms with Crippen LogP contribution in [0.1, 0.15) is 89.9 Å². The van der Waals surface area contributed by atoms with E-state index < -0.39 is 0 Å². The Labute approximate surface area is 155 Å². The zero-order valence-corrected chi connectivity index (χ0v) is 16.6. The first kappa shape index (κ1) is 20.9. The van der Waals surface area contributed by atoms with Gasteiger partial charge in [0.25, 0.3) is 0 Å². The summed E-state index contributed by atoms with van der Waals surface area (Å²) in [4.78, 5) is 0. The number of halogens is 1. The summed E-state index contributed by atoms with van der Waals surface area (Å²) >= 11 is 0. The topological polar surface area (TPSA) is 9.23 Å². The third-order valence-electron chi connectivity index (χ3n) is 6.83. The number of hydrogen-bond donors (Lipinski definition) is 0. The molecule has 1 nitrogen and oxygen atoms in total. The van der Waals surface area contributed by atoms with Crippen LogP contribution in [-0.2, 0) is 4.74 Å². The summed E-state index contributed by atoms with van der Waals surface area (Å²) in [6.07, 6.45) is 23.1. The lowest BCUT2D eigenvalue weighted by atomic mass is 9.74. The Morgan fingerprint density at radius 3 is 1.60 bits per heavy atom. The third-order valence-corrected chi connectivity index (χ3v) is 6.83. The number of rotatable bonds is 11. The Kier molecular flexibility index (Phi) is 10.8. The van der Waals surface area contributed by atoms with Crippen LogP contribution < -0.4 is 0 Å². The normalized spacial score (nSPS) is 30.8. The summed E-state index contributed by atoms with van der Waals surface area (Å²) < 4.78 is 17.3. The average molecular weight is 353 g/mol. The van der Waals surface area contributed by atoms with Crippen molar-refractivity contribution in [1.82, 2.24) is 0 Å². The predicted octanol–water partition coefficient (Wildman–Crippen LogP) is 7.11. The number of methoxy groups -OCH3 is 1.